The molecule has 0 bridgehead atoms. The van der Waals surface area contributed by atoms with E-state index in [1.165, 1.54) is 6.07 Å². The van der Waals surface area contributed by atoms with E-state index in [2.05, 4.69) is 5.32 Å². The molecule has 3 rings (SSSR count). The third-order valence-electron chi connectivity index (χ3n) is 5.20. The van der Waals surface area contributed by atoms with Gasteiger partial charge in [-0.25, -0.2) is 4.79 Å². The van der Waals surface area contributed by atoms with Crippen molar-refractivity contribution in [2.75, 3.05) is 6.61 Å². The van der Waals surface area contributed by atoms with Crippen LogP contribution in [-0.2, 0) is 16.0 Å². The van der Waals surface area contributed by atoms with Gasteiger partial charge in [0.1, 0.15) is 22.7 Å². The number of carbonyl (C=O) groups is 2. The van der Waals surface area contributed by atoms with Crippen molar-refractivity contribution >= 4 is 22.8 Å². The van der Waals surface area contributed by atoms with E-state index in [1.54, 1.807) is 26.8 Å². The van der Waals surface area contributed by atoms with E-state index in [1.807, 2.05) is 13.8 Å². The van der Waals surface area contributed by atoms with Crippen LogP contribution in [0.1, 0.15) is 45.2 Å². The Morgan fingerprint density at radius 1 is 1.30 bits per heavy atom. The Kier molecular flexibility index (Phi) is 5.78. The number of carboxylic acid groups (broad SMARTS) is 1. The summed E-state index contributed by atoms with van der Waals surface area (Å²) in [6.45, 7) is 8.62. The van der Waals surface area contributed by atoms with Crippen LogP contribution < -0.4 is 25.5 Å². The molecule has 1 aliphatic rings. The molecule has 0 aliphatic carbocycles. The number of hydrogen-bond acceptors (Lipinski definition) is 7. The van der Waals surface area contributed by atoms with E-state index < -0.39 is 35.8 Å². The first-order valence-electron chi connectivity index (χ1n) is 9.91. The first-order valence-corrected chi connectivity index (χ1v) is 9.91. The van der Waals surface area contributed by atoms with Gasteiger partial charge in [-0.15, -0.1) is 0 Å². The quantitative estimate of drug-likeness (QED) is 0.709. The minimum absolute atomic E-state index is 0.326. The first kappa shape index (κ1) is 21.7. The van der Waals surface area contributed by atoms with E-state index in [4.69, 9.17) is 13.9 Å². The summed E-state index contributed by atoms with van der Waals surface area (Å²) in [7, 11) is 0. The maximum Gasteiger partial charge on any atom is 0.336 e. The van der Waals surface area contributed by atoms with Crippen LogP contribution in [0.3, 0.4) is 0 Å². The summed E-state index contributed by atoms with van der Waals surface area (Å²) < 4.78 is 17.3. The predicted octanol–water partition coefficient (Wildman–Crippen LogP) is 1.47. The highest BCUT2D eigenvalue weighted by atomic mass is 16.5. The number of aryl methyl sites for hydroxylation is 2. The summed E-state index contributed by atoms with van der Waals surface area (Å²) in [6, 6.07) is 1.93. The van der Waals surface area contributed by atoms with Crippen LogP contribution in [0.5, 0.6) is 11.5 Å². The van der Waals surface area contributed by atoms with Crippen LogP contribution in [0.4, 0.5) is 0 Å². The average Bonchev–Trinajstić information content (AvgIpc) is 2.62. The van der Waals surface area contributed by atoms with Gasteiger partial charge >= 0.3 is 5.63 Å². The van der Waals surface area contributed by atoms with Gasteiger partial charge in [0.25, 0.3) is 5.91 Å². The lowest BCUT2D eigenvalue weighted by atomic mass is 9.92. The van der Waals surface area contributed by atoms with Crippen molar-refractivity contribution in [3.8, 4) is 11.5 Å². The van der Waals surface area contributed by atoms with Crippen LogP contribution in [-0.4, -0.2) is 30.1 Å². The Labute approximate surface area is 174 Å². The van der Waals surface area contributed by atoms with Crippen molar-refractivity contribution in [2.24, 2.45) is 5.92 Å². The Bertz CT molecular complexity index is 1050. The SMILES string of the molecule is Cc1cc(=O)oc2c3c(cc(OCC(=O)N[C@H](C(=O)[O-])C(C)C)c12)OC(C)(C)CC3. The topological polar surface area (TPSA) is 118 Å². The monoisotopic (exact) mass is 416 g/mol. The van der Waals surface area contributed by atoms with Gasteiger partial charge in [-0.05, 0) is 45.1 Å². The highest BCUT2D eigenvalue weighted by molar-refractivity contribution is 5.92. The lowest BCUT2D eigenvalue weighted by molar-refractivity contribution is -0.309. The molecular formula is C22H26NO7-. The normalized spacial score (nSPS) is 15.9. The summed E-state index contributed by atoms with van der Waals surface area (Å²) in [5, 5.41) is 14.2. The molecule has 162 valence electrons. The molecule has 0 radical (unpaired) electrons. The molecular weight excluding hydrogens is 390 g/mol. The van der Waals surface area contributed by atoms with Crippen LogP contribution >= 0.6 is 0 Å². The molecule has 0 spiro atoms. The van der Waals surface area contributed by atoms with Gasteiger partial charge in [0.15, 0.2) is 6.61 Å². The van der Waals surface area contributed by atoms with Crippen molar-refractivity contribution in [3.05, 3.63) is 33.7 Å². The van der Waals surface area contributed by atoms with Crippen LogP contribution in [0.2, 0.25) is 0 Å². The molecule has 2 heterocycles. The second-order valence-corrected chi connectivity index (χ2v) is 8.56. The first-order chi connectivity index (χ1) is 14.0. The molecule has 8 heteroatoms. The van der Waals surface area contributed by atoms with Crippen molar-refractivity contribution < 1.29 is 28.6 Å². The fraction of sp³-hybridized carbons (Fsp3) is 0.500. The number of nitrogens with one attached hydrogen (secondary N) is 1. The van der Waals surface area contributed by atoms with E-state index in [0.717, 1.165) is 12.0 Å². The zero-order valence-electron chi connectivity index (χ0n) is 17.8. The molecule has 1 aromatic heterocycles. The van der Waals surface area contributed by atoms with Crippen molar-refractivity contribution in [1.29, 1.82) is 0 Å². The van der Waals surface area contributed by atoms with Gasteiger partial charge in [-0.1, -0.05) is 13.8 Å². The van der Waals surface area contributed by atoms with E-state index in [9.17, 15) is 19.5 Å². The smallest absolute Gasteiger partial charge is 0.336 e. The average molecular weight is 416 g/mol. The molecule has 8 nitrogen and oxygen atoms in total. The van der Waals surface area contributed by atoms with Gasteiger partial charge in [-0.2, -0.15) is 0 Å². The van der Waals surface area contributed by atoms with Gasteiger partial charge < -0.3 is 29.1 Å². The molecule has 0 unspecified atom stereocenters. The van der Waals surface area contributed by atoms with Gasteiger partial charge in [0, 0.05) is 17.7 Å². The van der Waals surface area contributed by atoms with Crippen molar-refractivity contribution in [2.45, 2.75) is 59.1 Å². The number of carboxylic acids is 1. The second kappa shape index (κ2) is 8.01. The number of rotatable bonds is 6. The Morgan fingerprint density at radius 3 is 2.63 bits per heavy atom. The Hall–Kier alpha value is -3.03. The fourth-order valence-electron chi connectivity index (χ4n) is 3.59. The number of carbonyl (C=O) groups excluding carboxylic acids is 2. The number of benzene rings is 1. The maximum atomic E-state index is 12.3. The molecule has 2 aromatic rings. The number of hydrogen-bond donors (Lipinski definition) is 1. The highest BCUT2D eigenvalue weighted by Crippen LogP contribution is 2.42. The number of ether oxygens (including phenoxy) is 2. The second-order valence-electron chi connectivity index (χ2n) is 8.56. The van der Waals surface area contributed by atoms with E-state index >= 15 is 0 Å². The molecule has 0 fully saturated rings. The maximum absolute atomic E-state index is 12.3. The predicted molar refractivity (Wildman–Crippen MR) is 108 cm³/mol. The molecule has 30 heavy (non-hydrogen) atoms. The lowest BCUT2D eigenvalue weighted by Gasteiger charge is -2.33. The zero-order chi connectivity index (χ0) is 22.2. The zero-order valence-corrected chi connectivity index (χ0v) is 17.8. The standard InChI is InChI=1S/C22H27NO7/c1-11(2)19(21(26)27)23-16(24)10-28-15-9-14-13(6-7-22(4,5)30-14)20-18(15)12(3)8-17(25)29-20/h8-9,11,19H,6-7,10H2,1-5H3,(H,23,24)(H,26,27)/p-1/t19-/m0/s1. The van der Waals surface area contributed by atoms with Crippen LogP contribution in [0.25, 0.3) is 11.0 Å². The van der Waals surface area contributed by atoms with Gasteiger partial charge in [-0.3, -0.25) is 4.79 Å². The van der Waals surface area contributed by atoms with Crippen LogP contribution in [0, 0.1) is 12.8 Å². The molecule has 1 aliphatic heterocycles. The van der Waals surface area contributed by atoms with Crippen molar-refractivity contribution in [1.82, 2.24) is 5.32 Å². The molecule has 1 amide bonds. The number of aliphatic carboxylic acids is 1. The molecule has 0 saturated heterocycles. The molecule has 0 saturated carbocycles. The summed E-state index contributed by atoms with van der Waals surface area (Å²) in [6.07, 6.45) is 1.43. The Balaban J connectivity index is 1.95. The lowest BCUT2D eigenvalue weighted by Crippen LogP contribution is -2.51. The number of amides is 1. The fourth-order valence-corrected chi connectivity index (χ4v) is 3.59. The number of fused-ring (bicyclic) bond motifs is 3. The summed E-state index contributed by atoms with van der Waals surface area (Å²) in [5.41, 5.74) is 0.963. The third kappa shape index (κ3) is 4.42. The van der Waals surface area contributed by atoms with E-state index in [0.29, 0.717) is 34.5 Å². The summed E-state index contributed by atoms with van der Waals surface area (Å²) in [4.78, 5) is 35.4. The summed E-state index contributed by atoms with van der Waals surface area (Å²) >= 11 is 0. The third-order valence-corrected chi connectivity index (χ3v) is 5.20. The van der Waals surface area contributed by atoms with E-state index in [-0.39, 0.29) is 5.92 Å². The minimum Gasteiger partial charge on any atom is -0.548 e. The van der Waals surface area contributed by atoms with Crippen molar-refractivity contribution in [3.63, 3.8) is 0 Å². The molecule has 1 aromatic carbocycles. The van der Waals surface area contributed by atoms with Crippen LogP contribution in [0.15, 0.2) is 21.3 Å². The summed E-state index contributed by atoms with van der Waals surface area (Å²) in [5.74, 6) is -1.42. The Morgan fingerprint density at radius 2 is 2.00 bits per heavy atom. The molecule has 1 N–H and O–H groups in total. The highest BCUT2D eigenvalue weighted by Gasteiger charge is 2.30. The van der Waals surface area contributed by atoms with Gasteiger partial charge in [0.2, 0.25) is 0 Å². The largest absolute Gasteiger partial charge is 0.548 e. The molecule has 1 atom stereocenters. The van der Waals surface area contributed by atoms with Gasteiger partial charge in [0.05, 0.1) is 17.4 Å². The minimum atomic E-state index is -1.36.